The Morgan fingerprint density at radius 1 is 1.23 bits per heavy atom. The molecule has 3 heterocycles. The summed E-state index contributed by atoms with van der Waals surface area (Å²) in [4.78, 5) is 27.0. The van der Waals surface area contributed by atoms with Crippen LogP contribution in [0, 0.1) is 5.82 Å². The molecule has 2 aliphatic heterocycles. The van der Waals surface area contributed by atoms with Crippen molar-refractivity contribution in [1.29, 1.82) is 0 Å². The quantitative estimate of drug-likeness (QED) is 0.620. The Morgan fingerprint density at radius 2 is 2.00 bits per heavy atom. The zero-order valence-corrected chi connectivity index (χ0v) is 18.6. The lowest BCUT2D eigenvalue weighted by atomic mass is 9.85. The van der Waals surface area contributed by atoms with Gasteiger partial charge >= 0.3 is 0 Å². The van der Waals surface area contributed by atoms with Crippen molar-refractivity contribution in [2.75, 3.05) is 19.6 Å². The summed E-state index contributed by atoms with van der Waals surface area (Å²) in [7, 11) is 0. The van der Waals surface area contributed by atoms with Gasteiger partial charge in [0, 0.05) is 24.9 Å². The molecular formula is C24H30FN3O2S. The van der Waals surface area contributed by atoms with Crippen LogP contribution in [0.15, 0.2) is 41.1 Å². The summed E-state index contributed by atoms with van der Waals surface area (Å²) >= 11 is 1.65. The number of halogens is 1. The van der Waals surface area contributed by atoms with Crippen molar-refractivity contribution in [2.24, 2.45) is 0 Å². The Hall–Kier alpha value is -2.25. The molecule has 4 rings (SSSR count). The predicted octanol–water partition coefficient (Wildman–Crippen LogP) is 3.81. The molecular weight excluding hydrogens is 413 g/mol. The van der Waals surface area contributed by atoms with Crippen LogP contribution in [0.25, 0.3) is 0 Å². The molecule has 2 aliphatic rings. The van der Waals surface area contributed by atoms with Gasteiger partial charge in [-0.3, -0.25) is 14.5 Å². The van der Waals surface area contributed by atoms with Crippen molar-refractivity contribution in [3.63, 3.8) is 0 Å². The van der Waals surface area contributed by atoms with Gasteiger partial charge < -0.3 is 10.6 Å². The van der Waals surface area contributed by atoms with Crippen LogP contribution in [0.3, 0.4) is 0 Å². The average Bonchev–Trinajstić information content (AvgIpc) is 3.52. The summed E-state index contributed by atoms with van der Waals surface area (Å²) in [6.07, 6.45) is 5.36. The van der Waals surface area contributed by atoms with Crippen LogP contribution in [-0.4, -0.2) is 41.9 Å². The minimum atomic E-state index is -0.333. The van der Waals surface area contributed by atoms with E-state index in [1.165, 1.54) is 17.7 Å². The van der Waals surface area contributed by atoms with E-state index >= 15 is 0 Å². The molecule has 0 aliphatic carbocycles. The molecule has 5 nitrogen and oxygen atoms in total. The van der Waals surface area contributed by atoms with E-state index in [4.69, 9.17) is 0 Å². The van der Waals surface area contributed by atoms with Gasteiger partial charge in [-0.15, -0.1) is 0 Å². The van der Waals surface area contributed by atoms with E-state index in [0.717, 1.165) is 44.3 Å². The fraction of sp³-hybridized carbons (Fsp3) is 0.500. The van der Waals surface area contributed by atoms with Crippen LogP contribution in [0.4, 0.5) is 4.39 Å². The third-order valence-electron chi connectivity index (χ3n) is 6.52. The summed E-state index contributed by atoms with van der Waals surface area (Å²) < 4.78 is 13.4. The number of hydrogen-bond donors (Lipinski definition) is 2. The van der Waals surface area contributed by atoms with Crippen LogP contribution in [0.5, 0.6) is 0 Å². The van der Waals surface area contributed by atoms with E-state index < -0.39 is 0 Å². The third kappa shape index (κ3) is 5.71. The highest BCUT2D eigenvalue weighted by molar-refractivity contribution is 7.07. The molecule has 2 atom stereocenters. The normalized spacial score (nSPS) is 22.4. The van der Waals surface area contributed by atoms with Gasteiger partial charge in [0.05, 0.1) is 6.04 Å². The molecule has 2 amide bonds. The summed E-state index contributed by atoms with van der Waals surface area (Å²) in [5, 5.41) is 10.4. The maximum absolute atomic E-state index is 13.4. The van der Waals surface area contributed by atoms with Gasteiger partial charge in [-0.25, -0.2) is 4.39 Å². The number of likely N-dealkylation sites (tertiary alicyclic amines) is 1. The highest BCUT2D eigenvalue weighted by atomic mass is 32.1. The molecule has 0 spiro atoms. The van der Waals surface area contributed by atoms with E-state index in [1.54, 1.807) is 11.3 Å². The molecule has 166 valence electrons. The largest absolute Gasteiger partial charge is 0.354 e. The molecule has 2 fully saturated rings. The molecule has 0 bridgehead atoms. The second kappa shape index (κ2) is 9.92. The van der Waals surface area contributed by atoms with Crippen molar-refractivity contribution >= 4 is 23.2 Å². The zero-order chi connectivity index (χ0) is 21.7. The van der Waals surface area contributed by atoms with E-state index in [9.17, 15) is 14.0 Å². The number of rotatable bonds is 9. The number of nitrogens with one attached hydrogen (secondary N) is 2. The maximum Gasteiger partial charge on any atom is 0.220 e. The van der Waals surface area contributed by atoms with Gasteiger partial charge in [0.25, 0.3) is 0 Å². The highest BCUT2D eigenvalue weighted by Gasteiger charge is 2.38. The molecule has 7 heteroatoms. The summed E-state index contributed by atoms with van der Waals surface area (Å²) in [6, 6.07) is 8.73. The fourth-order valence-corrected chi connectivity index (χ4v) is 5.48. The first-order chi connectivity index (χ1) is 15.0. The van der Waals surface area contributed by atoms with Crippen LogP contribution in [0.1, 0.15) is 55.7 Å². The molecule has 1 aromatic carbocycles. The average molecular weight is 444 g/mol. The number of carbonyl (C=O) groups is 2. The Kier molecular flexibility index (Phi) is 7.02. The zero-order valence-electron chi connectivity index (χ0n) is 17.7. The first-order valence-electron chi connectivity index (χ1n) is 11.1. The Labute approximate surface area is 187 Å². The molecule has 2 N–H and O–H groups in total. The number of thiophene rings is 1. The molecule has 2 saturated heterocycles. The number of carbonyl (C=O) groups excluding carboxylic acids is 2. The van der Waals surface area contributed by atoms with Crippen LogP contribution < -0.4 is 10.6 Å². The van der Waals surface area contributed by atoms with Gasteiger partial charge in [-0.2, -0.15) is 11.3 Å². The van der Waals surface area contributed by atoms with Gasteiger partial charge in [-0.1, -0.05) is 12.1 Å². The predicted molar refractivity (Wildman–Crippen MR) is 120 cm³/mol. The fourth-order valence-electron chi connectivity index (χ4n) is 4.81. The summed E-state index contributed by atoms with van der Waals surface area (Å²) in [6.45, 7) is 2.50. The van der Waals surface area contributed by atoms with Crippen LogP contribution in [-0.2, 0) is 16.0 Å². The van der Waals surface area contributed by atoms with Gasteiger partial charge in [0.15, 0.2) is 0 Å². The van der Waals surface area contributed by atoms with E-state index in [0.29, 0.717) is 25.8 Å². The Balaban J connectivity index is 1.35. The summed E-state index contributed by atoms with van der Waals surface area (Å²) in [5.74, 6) is -0.180. The topological polar surface area (TPSA) is 61.4 Å². The smallest absolute Gasteiger partial charge is 0.220 e. The van der Waals surface area contributed by atoms with Crippen molar-refractivity contribution in [1.82, 2.24) is 15.5 Å². The minimum absolute atomic E-state index is 0.00264. The minimum Gasteiger partial charge on any atom is -0.354 e. The van der Waals surface area contributed by atoms with Crippen molar-refractivity contribution in [2.45, 2.75) is 56.5 Å². The maximum atomic E-state index is 13.4. The molecule has 1 aromatic heterocycles. The monoisotopic (exact) mass is 443 g/mol. The standard InChI is InChI=1S/C24H30FN3O2S/c25-20-5-3-19(4-6-20)21(28-12-1-2-13-28)16-26-22(29)7-10-24(11-8-23(30)27-24)15-18-9-14-31-17-18/h3-6,9,14,17,21H,1-2,7-8,10-13,15-16H2,(H,26,29)(H,27,30)/t21-,24-/m0/s1. The second-order valence-corrected chi connectivity index (χ2v) is 9.53. The van der Waals surface area contributed by atoms with Gasteiger partial charge in [0.1, 0.15) is 5.82 Å². The Morgan fingerprint density at radius 3 is 2.65 bits per heavy atom. The molecule has 0 unspecified atom stereocenters. The van der Waals surface area contributed by atoms with Crippen molar-refractivity contribution in [3.8, 4) is 0 Å². The number of benzene rings is 1. The van der Waals surface area contributed by atoms with Crippen LogP contribution in [0.2, 0.25) is 0 Å². The third-order valence-corrected chi connectivity index (χ3v) is 7.25. The number of amides is 2. The van der Waals surface area contributed by atoms with E-state index in [1.807, 2.05) is 17.5 Å². The Bertz CT molecular complexity index is 881. The first-order valence-corrected chi connectivity index (χ1v) is 12.1. The summed E-state index contributed by atoms with van der Waals surface area (Å²) in [5.41, 5.74) is 1.90. The van der Waals surface area contributed by atoms with Crippen LogP contribution >= 0.6 is 11.3 Å². The van der Waals surface area contributed by atoms with E-state index in [2.05, 4.69) is 27.0 Å². The molecule has 0 saturated carbocycles. The van der Waals surface area contributed by atoms with Gasteiger partial charge in [0.2, 0.25) is 11.8 Å². The molecule has 0 radical (unpaired) electrons. The number of nitrogens with zero attached hydrogens (tertiary/aromatic N) is 1. The molecule has 31 heavy (non-hydrogen) atoms. The first kappa shape index (κ1) is 22.0. The SMILES string of the molecule is O=C(CC[C@@]1(Cc2ccsc2)CCC(=O)N1)NC[C@@H](c1ccc(F)cc1)N1CCCC1. The van der Waals surface area contributed by atoms with Crippen molar-refractivity contribution < 1.29 is 14.0 Å². The van der Waals surface area contributed by atoms with E-state index in [-0.39, 0.29) is 29.2 Å². The highest BCUT2D eigenvalue weighted by Crippen LogP contribution is 2.30. The molecule has 2 aromatic rings. The second-order valence-electron chi connectivity index (χ2n) is 8.75. The lowest BCUT2D eigenvalue weighted by molar-refractivity contribution is -0.123. The lowest BCUT2D eigenvalue weighted by Gasteiger charge is -2.30. The number of hydrogen-bond acceptors (Lipinski definition) is 4. The van der Waals surface area contributed by atoms with Crippen molar-refractivity contribution in [3.05, 3.63) is 58.0 Å². The lowest BCUT2D eigenvalue weighted by Crippen LogP contribution is -2.45. The van der Waals surface area contributed by atoms with Gasteiger partial charge in [-0.05, 0) is 85.3 Å².